The van der Waals surface area contributed by atoms with Crippen LogP contribution >= 0.6 is 11.8 Å². The van der Waals surface area contributed by atoms with E-state index in [-0.39, 0.29) is 22.9 Å². The van der Waals surface area contributed by atoms with Crippen LogP contribution in [0, 0.1) is 6.92 Å². The number of hydrogen-bond acceptors (Lipinski definition) is 4. The van der Waals surface area contributed by atoms with Gasteiger partial charge in [-0.3, -0.25) is 14.3 Å². The minimum Gasteiger partial charge on any atom is -0.319 e. The summed E-state index contributed by atoms with van der Waals surface area (Å²) in [5, 5.41) is 3.53. The molecule has 1 N–H and O–H groups in total. The molecule has 0 radical (unpaired) electrons. The van der Waals surface area contributed by atoms with Crippen molar-refractivity contribution < 1.29 is 4.79 Å². The molecule has 0 saturated carbocycles. The molecule has 8 heteroatoms. The van der Waals surface area contributed by atoms with Gasteiger partial charge in [-0.2, -0.15) is 0 Å². The van der Waals surface area contributed by atoms with E-state index in [9.17, 15) is 9.59 Å². The normalized spacial score (nSPS) is 11.0. The lowest BCUT2D eigenvalue weighted by atomic mass is 10.3. The number of imidazole rings is 1. The van der Waals surface area contributed by atoms with E-state index < -0.39 is 0 Å². The fraction of sp³-hybridized carbons (Fsp3) is 0.174. The molecule has 0 atom stereocenters. The Kier molecular flexibility index (Phi) is 5.81. The maximum atomic E-state index is 13.0. The molecule has 7 nitrogen and oxygen atoms in total. The molecule has 0 aliphatic carbocycles. The number of carbonyl (C=O) groups excluding carboxylic acids is 1. The number of rotatable bonds is 7. The minimum absolute atomic E-state index is 0.138. The van der Waals surface area contributed by atoms with Gasteiger partial charge in [0.1, 0.15) is 5.69 Å². The number of para-hydroxylation sites is 3. The highest BCUT2D eigenvalue weighted by Gasteiger charge is 2.19. The molecule has 4 aromatic rings. The zero-order valence-corrected chi connectivity index (χ0v) is 18.2. The zero-order chi connectivity index (χ0) is 22.0. The summed E-state index contributed by atoms with van der Waals surface area (Å²) in [6.07, 6.45) is 1.80. The first-order valence-corrected chi connectivity index (χ1v) is 10.8. The van der Waals surface area contributed by atoms with Gasteiger partial charge in [0, 0.05) is 13.6 Å². The van der Waals surface area contributed by atoms with Crippen LogP contribution in [0.5, 0.6) is 0 Å². The molecule has 2 heterocycles. The molecule has 0 fully saturated rings. The molecule has 0 spiro atoms. The topological polar surface area (TPSA) is 73.8 Å². The zero-order valence-electron chi connectivity index (χ0n) is 17.4. The van der Waals surface area contributed by atoms with Gasteiger partial charge in [-0.05, 0) is 31.2 Å². The maximum absolute atomic E-state index is 13.0. The molecule has 0 bridgehead atoms. The van der Waals surface area contributed by atoms with Crippen LogP contribution in [0.4, 0.5) is 5.69 Å². The maximum Gasteiger partial charge on any atom is 0.295 e. The van der Waals surface area contributed by atoms with Crippen LogP contribution in [0.15, 0.2) is 77.2 Å². The molecule has 0 aliphatic heterocycles. The lowest BCUT2D eigenvalue weighted by Gasteiger charge is -2.07. The van der Waals surface area contributed by atoms with Crippen molar-refractivity contribution in [2.45, 2.75) is 18.6 Å². The summed E-state index contributed by atoms with van der Waals surface area (Å²) in [6.45, 7) is 6.23. The first-order chi connectivity index (χ1) is 15.0. The Labute approximate surface area is 184 Å². The summed E-state index contributed by atoms with van der Waals surface area (Å²) in [7, 11) is 1.80. The van der Waals surface area contributed by atoms with Crippen LogP contribution in [-0.4, -0.2) is 30.6 Å². The van der Waals surface area contributed by atoms with Crippen molar-refractivity contribution in [1.29, 1.82) is 0 Å². The smallest absolute Gasteiger partial charge is 0.295 e. The number of carbonyl (C=O) groups is 1. The van der Waals surface area contributed by atoms with Crippen molar-refractivity contribution in [3.8, 4) is 5.69 Å². The predicted molar refractivity (Wildman–Crippen MR) is 125 cm³/mol. The highest BCUT2D eigenvalue weighted by atomic mass is 32.2. The van der Waals surface area contributed by atoms with Crippen LogP contribution in [-0.2, 0) is 18.4 Å². The van der Waals surface area contributed by atoms with Crippen molar-refractivity contribution >= 4 is 34.4 Å². The van der Waals surface area contributed by atoms with Gasteiger partial charge >= 0.3 is 0 Å². The fourth-order valence-corrected chi connectivity index (χ4v) is 4.31. The molecular weight excluding hydrogens is 410 g/mol. The summed E-state index contributed by atoms with van der Waals surface area (Å²) < 4.78 is 5.31. The number of hydrogen-bond donors (Lipinski definition) is 1. The molecule has 31 heavy (non-hydrogen) atoms. The Balaban J connectivity index is 1.54. The Morgan fingerprint density at radius 2 is 1.87 bits per heavy atom. The monoisotopic (exact) mass is 433 g/mol. The van der Waals surface area contributed by atoms with Crippen molar-refractivity contribution in [2.75, 3.05) is 11.1 Å². The molecule has 2 aromatic carbocycles. The molecule has 2 aromatic heterocycles. The van der Waals surface area contributed by atoms with Crippen LogP contribution in [0.25, 0.3) is 16.7 Å². The first kappa shape index (κ1) is 20.7. The van der Waals surface area contributed by atoms with E-state index in [0.29, 0.717) is 12.2 Å². The predicted octanol–water partition coefficient (Wildman–Crippen LogP) is 3.75. The van der Waals surface area contributed by atoms with Crippen molar-refractivity contribution in [1.82, 2.24) is 18.9 Å². The molecule has 0 saturated heterocycles. The van der Waals surface area contributed by atoms with Crippen LogP contribution < -0.4 is 10.9 Å². The van der Waals surface area contributed by atoms with Gasteiger partial charge in [-0.15, -0.1) is 6.58 Å². The summed E-state index contributed by atoms with van der Waals surface area (Å²) in [5.41, 5.74) is 3.32. The number of thioether (sulfide) groups is 1. The number of amides is 1. The van der Waals surface area contributed by atoms with Gasteiger partial charge in [0.25, 0.3) is 5.56 Å². The van der Waals surface area contributed by atoms with Crippen LogP contribution in [0.2, 0.25) is 0 Å². The number of nitrogens with zero attached hydrogens (tertiary/aromatic N) is 4. The number of fused-ring (bicyclic) bond motifs is 1. The van der Waals surface area contributed by atoms with Crippen molar-refractivity contribution in [2.24, 2.45) is 7.05 Å². The Morgan fingerprint density at radius 3 is 2.61 bits per heavy atom. The largest absolute Gasteiger partial charge is 0.319 e. The Hall–Kier alpha value is -3.52. The lowest BCUT2D eigenvalue weighted by molar-refractivity contribution is -0.113. The lowest BCUT2D eigenvalue weighted by Crippen LogP contribution is -2.23. The van der Waals surface area contributed by atoms with Gasteiger partial charge < -0.3 is 9.88 Å². The van der Waals surface area contributed by atoms with E-state index in [2.05, 4.69) is 16.9 Å². The SMILES string of the molecule is C=CCn1c(SCC(=O)Nc2c(C)n(C)n(-c3ccccc3)c2=O)nc2ccccc21. The van der Waals surface area contributed by atoms with Gasteiger partial charge in [-0.25, -0.2) is 9.67 Å². The number of aromatic nitrogens is 4. The highest BCUT2D eigenvalue weighted by molar-refractivity contribution is 7.99. The van der Waals surface area contributed by atoms with E-state index >= 15 is 0 Å². The summed E-state index contributed by atoms with van der Waals surface area (Å²) in [6, 6.07) is 17.2. The molecule has 158 valence electrons. The third-order valence-electron chi connectivity index (χ3n) is 5.08. The molecule has 0 aliphatic rings. The summed E-state index contributed by atoms with van der Waals surface area (Å²) >= 11 is 1.34. The van der Waals surface area contributed by atoms with E-state index in [4.69, 9.17) is 0 Å². The van der Waals surface area contributed by atoms with E-state index in [1.54, 1.807) is 22.5 Å². The second-order valence-electron chi connectivity index (χ2n) is 7.06. The Bertz CT molecular complexity index is 1320. The third kappa shape index (κ3) is 3.94. The van der Waals surface area contributed by atoms with E-state index in [1.807, 2.05) is 66.1 Å². The number of nitrogens with one attached hydrogen (secondary N) is 1. The Morgan fingerprint density at radius 1 is 1.16 bits per heavy atom. The quantitative estimate of drug-likeness (QED) is 0.356. The van der Waals surface area contributed by atoms with Crippen molar-refractivity contribution in [3.63, 3.8) is 0 Å². The molecule has 0 unspecified atom stereocenters. The first-order valence-electron chi connectivity index (χ1n) is 9.84. The van der Waals surface area contributed by atoms with Gasteiger partial charge in [0.2, 0.25) is 5.91 Å². The van der Waals surface area contributed by atoms with Gasteiger partial charge in [0.05, 0.1) is 28.2 Å². The number of benzene rings is 2. The molecular formula is C23H23N5O2S. The summed E-state index contributed by atoms with van der Waals surface area (Å²) in [5.74, 6) is -0.118. The average Bonchev–Trinajstić information content (AvgIpc) is 3.23. The second-order valence-corrected chi connectivity index (χ2v) is 8.00. The standard InChI is InChI=1S/C23H23N5O2S/c1-4-14-27-19-13-9-8-12-18(19)24-23(27)31-15-20(29)25-21-16(2)26(3)28(22(21)30)17-10-6-5-7-11-17/h4-13H,1,14-15H2,2-3H3,(H,25,29). The number of anilines is 1. The summed E-state index contributed by atoms with van der Waals surface area (Å²) in [4.78, 5) is 30.3. The fourth-order valence-electron chi connectivity index (χ4n) is 3.49. The van der Waals surface area contributed by atoms with E-state index in [1.165, 1.54) is 11.8 Å². The minimum atomic E-state index is -0.261. The van der Waals surface area contributed by atoms with Crippen LogP contribution in [0.3, 0.4) is 0 Å². The average molecular weight is 434 g/mol. The number of allylic oxidation sites excluding steroid dienone is 1. The highest BCUT2D eigenvalue weighted by Crippen LogP contribution is 2.24. The van der Waals surface area contributed by atoms with E-state index in [0.717, 1.165) is 21.9 Å². The molecule has 4 rings (SSSR count). The second kappa shape index (κ2) is 8.69. The molecule has 1 amide bonds. The van der Waals surface area contributed by atoms with Crippen molar-refractivity contribution in [3.05, 3.63) is 83.3 Å². The third-order valence-corrected chi connectivity index (χ3v) is 6.06. The van der Waals surface area contributed by atoms with Crippen LogP contribution in [0.1, 0.15) is 5.69 Å². The van der Waals surface area contributed by atoms with Gasteiger partial charge in [-0.1, -0.05) is 48.2 Å². The van der Waals surface area contributed by atoms with Gasteiger partial charge in [0.15, 0.2) is 5.16 Å².